The monoisotopic (exact) mass is 563 g/mol. The molecule has 0 amide bonds. The van der Waals surface area contributed by atoms with E-state index in [1.807, 2.05) is 0 Å². The highest BCUT2D eigenvalue weighted by Crippen LogP contribution is 2.20. The highest BCUT2D eigenvalue weighted by molar-refractivity contribution is 5.22. The molecule has 0 bridgehead atoms. The number of hydrogen-bond acceptors (Lipinski definition) is 7. The van der Waals surface area contributed by atoms with Crippen molar-refractivity contribution in [3.8, 4) is 11.5 Å². The van der Waals surface area contributed by atoms with Crippen LogP contribution in [-0.4, -0.2) is 94.8 Å². The molecule has 2 aliphatic heterocycles. The first-order chi connectivity index (χ1) is 19.4. The number of nitrogens with zero attached hydrogens (tertiary/aromatic N) is 2. The average Bonchev–Trinajstić information content (AvgIpc) is 2.97. The van der Waals surface area contributed by atoms with Gasteiger partial charge in [-0.3, -0.25) is 0 Å². The first kappa shape index (κ1) is 32.2. The summed E-state index contributed by atoms with van der Waals surface area (Å²) >= 11 is 0. The highest BCUT2D eigenvalue weighted by atomic mass is 19.1. The van der Waals surface area contributed by atoms with E-state index in [1.54, 1.807) is 38.5 Å². The largest absolute Gasteiger partial charge is 0.494 e. The van der Waals surface area contributed by atoms with Gasteiger partial charge in [0.15, 0.2) is 0 Å². The van der Waals surface area contributed by atoms with E-state index in [9.17, 15) is 8.78 Å². The second kappa shape index (κ2) is 17.5. The minimum absolute atomic E-state index is 0.127. The van der Waals surface area contributed by atoms with E-state index < -0.39 is 0 Å². The molecule has 2 heterocycles. The van der Waals surface area contributed by atoms with Gasteiger partial charge < -0.3 is 34.5 Å². The molecule has 0 spiro atoms. The summed E-state index contributed by atoms with van der Waals surface area (Å²) in [5.74, 6) is 1.61. The molecule has 4 unspecified atom stereocenters. The third kappa shape index (κ3) is 11.3. The number of nitrogens with two attached hydrogens (primary N) is 1. The summed E-state index contributed by atoms with van der Waals surface area (Å²) < 4.78 is 47.6. The van der Waals surface area contributed by atoms with Gasteiger partial charge in [-0.25, -0.2) is 8.78 Å². The molecule has 4 atom stereocenters. The lowest BCUT2D eigenvalue weighted by molar-refractivity contribution is -0.00593. The normalized spacial score (nSPS) is 23.8. The van der Waals surface area contributed by atoms with E-state index in [4.69, 9.17) is 24.7 Å². The van der Waals surface area contributed by atoms with Crippen LogP contribution in [0.4, 0.5) is 8.78 Å². The van der Waals surface area contributed by atoms with Crippen molar-refractivity contribution in [2.75, 3.05) is 66.7 Å². The van der Waals surface area contributed by atoms with Crippen molar-refractivity contribution in [1.82, 2.24) is 9.80 Å². The first-order valence-corrected chi connectivity index (χ1v) is 14.4. The Morgan fingerprint density at radius 2 is 1.18 bits per heavy atom. The van der Waals surface area contributed by atoms with E-state index in [2.05, 4.69) is 16.7 Å². The molecule has 0 aromatic heterocycles. The Labute approximate surface area is 238 Å². The average molecular weight is 564 g/mol. The molecule has 2 aromatic rings. The molecule has 0 saturated carbocycles. The van der Waals surface area contributed by atoms with Crippen molar-refractivity contribution in [3.05, 3.63) is 60.2 Å². The number of hydrogen-bond donors (Lipinski definition) is 1. The van der Waals surface area contributed by atoms with E-state index in [1.165, 1.54) is 30.7 Å². The third-order valence-electron chi connectivity index (χ3n) is 7.68. The fourth-order valence-corrected chi connectivity index (χ4v) is 5.08. The van der Waals surface area contributed by atoms with Crippen LogP contribution < -0.4 is 15.2 Å². The molecule has 0 radical (unpaired) electrons. The Bertz CT molecular complexity index is 873. The zero-order chi connectivity index (χ0) is 28.7. The zero-order valence-electron chi connectivity index (χ0n) is 24.3. The molecule has 0 aliphatic carbocycles. The van der Waals surface area contributed by atoms with E-state index in [0.29, 0.717) is 31.0 Å². The van der Waals surface area contributed by atoms with Gasteiger partial charge in [-0.15, -0.1) is 0 Å². The maximum atomic E-state index is 12.7. The summed E-state index contributed by atoms with van der Waals surface area (Å²) in [5.41, 5.74) is 5.99. The van der Waals surface area contributed by atoms with E-state index in [0.717, 1.165) is 64.3 Å². The predicted octanol–water partition coefficient (Wildman–Crippen LogP) is 4.59. The van der Waals surface area contributed by atoms with Gasteiger partial charge in [0.05, 0.1) is 25.4 Å². The topological polar surface area (TPSA) is 69.4 Å². The minimum atomic E-state index is -0.243. The maximum Gasteiger partial charge on any atom is 0.123 e. The number of likely N-dealkylation sites (tertiary alicyclic amines) is 2. The van der Waals surface area contributed by atoms with Gasteiger partial charge in [-0.05, 0) is 93.2 Å². The van der Waals surface area contributed by atoms with Crippen molar-refractivity contribution >= 4 is 0 Å². The van der Waals surface area contributed by atoms with Crippen molar-refractivity contribution in [3.63, 3.8) is 0 Å². The van der Waals surface area contributed by atoms with Crippen LogP contribution >= 0.6 is 0 Å². The summed E-state index contributed by atoms with van der Waals surface area (Å²) in [7, 11) is 3.51. The summed E-state index contributed by atoms with van der Waals surface area (Å²) in [4.78, 5) is 4.79. The van der Waals surface area contributed by atoms with Gasteiger partial charge in [0.2, 0.25) is 0 Å². The number of piperidine rings is 2. The third-order valence-corrected chi connectivity index (χ3v) is 7.68. The lowest BCUT2D eigenvalue weighted by Crippen LogP contribution is -2.51. The van der Waals surface area contributed by atoms with Crippen LogP contribution in [0.1, 0.15) is 32.6 Å². The van der Waals surface area contributed by atoms with Gasteiger partial charge in [0, 0.05) is 46.4 Å². The molecule has 224 valence electrons. The van der Waals surface area contributed by atoms with Crippen LogP contribution in [0, 0.1) is 17.6 Å². The fourth-order valence-electron chi connectivity index (χ4n) is 5.08. The first-order valence-electron chi connectivity index (χ1n) is 14.4. The molecule has 2 fully saturated rings. The second-order valence-corrected chi connectivity index (χ2v) is 10.7. The predicted molar refractivity (Wildman–Crippen MR) is 154 cm³/mol. The smallest absolute Gasteiger partial charge is 0.123 e. The molecule has 40 heavy (non-hydrogen) atoms. The van der Waals surface area contributed by atoms with Crippen LogP contribution in [0.15, 0.2) is 48.5 Å². The Kier molecular flexibility index (Phi) is 14.1. The van der Waals surface area contributed by atoms with E-state index >= 15 is 0 Å². The van der Waals surface area contributed by atoms with Crippen LogP contribution in [0.3, 0.4) is 0 Å². The number of rotatable bonds is 12. The van der Waals surface area contributed by atoms with Gasteiger partial charge in [-0.1, -0.05) is 6.92 Å². The minimum Gasteiger partial charge on any atom is -0.494 e. The number of methoxy groups -OCH3 is 2. The van der Waals surface area contributed by atoms with E-state index in [-0.39, 0.29) is 23.8 Å². The van der Waals surface area contributed by atoms with Gasteiger partial charge in [-0.2, -0.15) is 0 Å². The molecule has 2 aliphatic rings. The summed E-state index contributed by atoms with van der Waals surface area (Å²) in [6, 6.07) is 12.4. The molecular formula is C31H47F2N3O4. The summed E-state index contributed by atoms with van der Waals surface area (Å²) in [5, 5.41) is 0. The lowest BCUT2D eigenvalue weighted by atomic mass is 9.96. The van der Waals surface area contributed by atoms with Crippen LogP contribution in [0.2, 0.25) is 0 Å². The van der Waals surface area contributed by atoms with Gasteiger partial charge >= 0.3 is 0 Å². The van der Waals surface area contributed by atoms with Gasteiger partial charge in [0.25, 0.3) is 0 Å². The van der Waals surface area contributed by atoms with Crippen molar-refractivity contribution in [2.45, 2.75) is 50.9 Å². The van der Waals surface area contributed by atoms with Crippen molar-refractivity contribution in [1.29, 1.82) is 0 Å². The highest BCUT2D eigenvalue weighted by Gasteiger charge is 2.26. The van der Waals surface area contributed by atoms with Crippen molar-refractivity contribution in [2.24, 2.45) is 11.7 Å². The summed E-state index contributed by atoms with van der Waals surface area (Å²) in [6.07, 6.45) is 4.54. The maximum absolute atomic E-state index is 12.7. The molecular weight excluding hydrogens is 516 g/mol. The quantitative estimate of drug-likeness (QED) is 0.379. The molecule has 2 aromatic carbocycles. The zero-order valence-corrected chi connectivity index (χ0v) is 24.3. The second-order valence-electron chi connectivity index (χ2n) is 10.7. The number of benzene rings is 2. The number of ether oxygens (including phenoxy) is 4. The number of halogens is 2. The van der Waals surface area contributed by atoms with Gasteiger partial charge in [0.1, 0.15) is 23.1 Å². The molecule has 9 heteroatoms. The standard InChI is InChI=1S/C16H24FNO2.C15H23FN2O2/c1-13-8-10-18(12-16(13)19-2)9-3-11-20-15-6-4-14(17)5-7-15;1-19-15-11-18(9-7-14(15)17)8-2-10-20-13-5-3-12(16)4-6-13/h4-7,13,16H,3,8-12H2,1-2H3;3-6,14-15H,2,7-11,17H2,1H3. The Morgan fingerprint density at radius 1 is 0.725 bits per heavy atom. The molecule has 7 nitrogen and oxygen atoms in total. The molecule has 4 rings (SSSR count). The summed E-state index contributed by atoms with van der Waals surface area (Å²) in [6.45, 7) is 9.57. The molecule has 2 N–H and O–H groups in total. The van der Waals surface area contributed by atoms with Crippen LogP contribution in [0.25, 0.3) is 0 Å². The van der Waals surface area contributed by atoms with Crippen molar-refractivity contribution < 1.29 is 27.7 Å². The Hall–Kier alpha value is -2.30. The van der Waals surface area contributed by atoms with Crippen LogP contribution in [-0.2, 0) is 9.47 Å². The SMILES string of the molecule is COC1CN(CCCOc2ccc(F)cc2)CCC1C.COC1CN(CCCOc2ccc(F)cc2)CCC1N. The Morgan fingerprint density at radius 3 is 1.65 bits per heavy atom. The lowest BCUT2D eigenvalue weighted by Gasteiger charge is -2.36. The Balaban J connectivity index is 0.000000220. The van der Waals surface area contributed by atoms with Crippen LogP contribution in [0.5, 0.6) is 11.5 Å². The fraction of sp³-hybridized carbons (Fsp3) is 0.613. The molecule has 2 saturated heterocycles.